The first kappa shape index (κ1) is 14.5. The minimum atomic E-state index is -0.283. The molecule has 2 nitrogen and oxygen atoms in total. The molecule has 2 rings (SSSR count). The molecule has 0 amide bonds. The molecule has 1 aliphatic carbocycles. The van der Waals surface area contributed by atoms with Crippen molar-refractivity contribution in [3.8, 4) is 0 Å². The van der Waals surface area contributed by atoms with Crippen molar-refractivity contribution in [2.24, 2.45) is 11.1 Å². The van der Waals surface area contributed by atoms with E-state index in [1.165, 1.54) is 37.7 Å². The van der Waals surface area contributed by atoms with Gasteiger partial charge in [-0.15, -0.1) is 0 Å². The second-order valence-corrected chi connectivity index (χ2v) is 6.45. The summed E-state index contributed by atoms with van der Waals surface area (Å²) < 4.78 is 0. The Morgan fingerprint density at radius 3 is 2.42 bits per heavy atom. The first-order valence-electron chi connectivity index (χ1n) is 7.63. The standard InChI is InChI=1S/C17H28N2/c1-3-17(11-7-8-12-17)14-19-13-16(2,18)15-9-5-4-6-10-15/h4-6,9-10,19H,3,7-8,11-14,18H2,1-2H3. The van der Waals surface area contributed by atoms with Crippen LogP contribution in [0.2, 0.25) is 0 Å². The zero-order valence-corrected chi connectivity index (χ0v) is 12.4. The van der Waals surface area contributed by atoms with Gasteiger partial charge in [-0.3, -0.25) is 0 Å². The van der Waals surface area contributed by atoms with Crippen LogP contribution in [0.1, 0.15) is 51.5 Å². The first-order valence-corrected chi connectivity index (χ1v) is 7.63. The minimum Gasteiger partial charge on any atom is -0.321 e. The highest BCUT2D eigenvalue weighted by Crippen LogP contribution is 2.40. The fourth-order valence-electron chi connectivity index (χ4n) is 3.29. The number of benzene rings is 1. The van der Waals surface area contributed by atoms with Gasteiger partial charge in [0.15, 0.2) is 0 Å². The lowest BCUT2D eigenvalue weighted by Crippen LogP contribution is -2.46. The van der Waals surface area contributed by atoms with Gasteiger partial charge >= 0.3 is 0 Å². The van der Waals surface area contributed by atoms with Crippen molar-refractivity contribution in [3.63, 3.8) is 0 Å². The fourth-order valence-corrected chi connectivity index (χ4v) is 3.29. The summed E-state index contributed by atoms with van der Waals surface area (Å²) in [6.07, 6.45) is 6.83. The van der Waals surface area contributed by atoms with Crippen LogP contribution in [-0.2, 0) is 5.54 Å². The van der Waals surface area contributed by atoms with E-state index in [4.69, 9.17) is 5.73 Å². The van der Waals surface area contributed by atoms with Gasteiger partial charge in [-0.25, -0.2) is 0 Å². The SMILES string of the molecule is CCC1(CNCC(C)(N)c2ccccc2)CCCC1. The average Bonchev–Trinajstić information content (AvgIpc) is 2.89. The third-order valence-electron chi connectivity index (χ3n) is 4.84. The van der Waals surface area contributed by atoms with Crippen molar-refractivity contribution >= 4 is 0 Å². The van der Waals surface area contributed by atoms with Crippen LogP contribution in [0.4, 0.5) is 0 Å². The van der Waals surface area contributed by atoms with Crippen LogP contribution in [0.25, 0.3) is 0 Å². The van der Waals surface area contributed by atoms with Gasteiger partial charge in [0.2, 0.25) is 0 Å². The summed E-state index contributed by atoms with van der Waals surface area (Å²) in [5.74, 6) is 0. The summed E-state index contributed by atoms with van der Waals surface area (Å²) >= 11 is 0. The quantitative estimate of drug-likeness (QED) is 0.822. The van der Waals surface area contributed by atoms with Gasteiger partial charge in [0, 0.05) is 13.1 Å². The predicted octanol–water partition coefficient (Wildman–Crippen LogP) is 3.42. The molecule has 2 heteroatoms. The fraction of sp³-hybridized carbons (Fsp3) is 0.647. The average molecular weight is 260 g/mol. The third kappa shape index (κ3) is 3.58. The van der Waals surface area contributed by atoms with Crippen molar-refractivity contribution in [1.82, 2.24) is 5.32 Å². The van der Waals surface area contributed by atoms with E-state index in [0.717, 1.165) is 13.1 Å². The van der Waals surface area contributed by atoms with Crippen LogP contribution >= 0.6 is 0 Å². The monoisotopic (exact) mass is 260 g/mol. The summed E-state index contributed by atoms with van der Waals surface area (Å²) in [6, 6.07) is 10.4. The molecule has 0 bridgehead atoms. The maximum atomic E-state index is 6.44. The molecule has 0 aromatic heterocycles. The normalized spacial score (nSPS) is 21.2. The van der Waals surface area contributed by atoms with Crippen molar-refractivity contribution < 1.29 is 0 Å². The molecule has 1 aromatic rings. The van der Waals surface area contributed by atoms with Crippen molar-refractivity contribution in [3.05, 3.63) is 35.9 Å². The van der Waals surface area contributed by atoms with Gasteiger partial charge in [0.25, 0.3) is 0 Å². The van der Waals surface area contributed by atoms with E-state index in [1.54, 1.807) is 0 Å². The molecule has 0 spiro atoms. The lowest BCUT2D eigenvalue weighted by atomic mass is 9.83. The van der Waals surface area contributed by atoms with E-state index in [0.29, 0.717) is 5.41 Å². The summed E-state index contributed by atoms with van der Waals surface area (Å²) in [6.45, 7) is 6.40. The summed E-state index contributed by atoms with van der Waals surface area (Å²) in [4.78, 5) is 0. The number of hydrogen-bond donors (Lipinski definition) is 2. The zero-order chi connectivity index (χ0) is 13.8. The molecular weight excluding hydrogens is 232 g/mol. The van der Waals surface area contributed by atoms with Crippen LogP contribution in [0.3, 0.4) is 0 Å². The van der Waals surface area contributed by atoms with E-state index in [1.807, 2.05) is 6.07 Å². The largest absolute Gasteiger partial charge is 0.321 e. The van der Waals surface area contributed by atoms with E-state index < -0.39 is 0 Å². The van der Waals surface area contributed by atoms with Crippen LogP contribution in [-0.4, -0.2) is 13.1 Å². The van der Waals surface area contributed by atoms with Crippen molar-refractivity contribution in [2.45, 2.75) is 51.5 Å². The molecule has 1 aliphatic rings. The Morgan fingerprint density at radius 2 is 1.84 bits per heavy atom. The molecule has 1 atom stereocenters. The molecule has 0 radical (unpaired) electrons. The molecule has 1 fully saturated rings. The Kier molecular flexibility index (Phi) is 4.64. The van der Waals surface area contributed by atoms with Crippen LogP contribution in [0.5, 0.6) is 0 Å². The Bertz CT molecular complexity index is 378. The Morgan fingerprint density at radius 1 is 1.21 bits per heavy atom. The van der Waals surface area contributed by atoms with Gasteiger partial charge in [-0.1, -0.05) is 50.1 Å². The maximum Gasteiger partial charge on any atom is 0.0507 e. The molecule has 106 valence electrons. The van der Waals surface area contributed by atoms with Gasteiger partial charge in [0.1, 0.15) is 0 Å². The topological polar surface area (TPSA) is 38.0 Å². The number of nitrogens with one attached hydrogen (secondary N) is 1. The molecule has 19 heavy (non-hydrogen) atoms. The van der Waals surface area contributed by atoms with Crippen molar-refractivity contribution in [1.29, 1.82) is 0 Å². The Balaban J connectivity index is 1.88. The maximum absolute atomic E-state index is 6.44. The molecule has 0 heterocycles. The van der Waals surface area contributed by atoms with E-state index >= 15 is 0 Å². The lowest BCUT2D eigenvalue weighted by molar-refractivity contribution is 0.258. The van der Waals surface area contributed by atoms with Crippen LogP contribution in [0.15, 0.2) is 30.3 Å². The lowest BCUT2D eigenvalue weighted by Gasteiger charge is -2.31. The summed E-state index contributed by atoms with van der Waals surface area (Å²) in [7, 11) is 0. The molecule has 3 N–H and O–H groups in total. The van der Waals surface area contributed by atoms with Gasteiger partial charge < -0.3 is 11.1 Å². The number of nitrogens with two attached hydrogens (primary N) is 1. The zero-order valence-electron chi connectivity index (χ0n) is 12.4. The summed E-state index contributed by atoms with van der Waals surface area (Å²) in [5.41, 5.74) is 7.90. The van der Waals surface area contributed by atoms with E-state index in [9.17, 15) is 0 Å². The van der Waals surface area contributed by atoms with Crippen LogP contribution in [0, 0.1) is 5.41 Å². The molecule has 1 aromatic carbocycles. The highest BCUT2D eigenvalue weighted by molar-refractivity contribution is 5.23. The molecule has 0 saturated heterocycles. The molecule has 1 saturated carbocycles. The van der Waals surface area contributed by atoms with Gasteiger partial charge in [0.05, 0.1) is 5.54 Å². The van der Waals surface area contributed by atoms with Crippen LogP contribution < -0.4 is 11.1 Å². The van der Waals surface area contributed by atoms with E-state index in [2.05, 4.69) is 43.4 Å². The first-order chi connectivity index (χ1) is 9.08. The smallest absolute Gasteiger partial charge is 0.0507 e. The molecular formula is C17H28N2. The minimum absolute atomic E-state index is 0.283. The number of hydrogen-bond acceptors (Lipinski definition) is 2. The van der Waals surface area contributed by atoms with E-state index in [-0.39, 0.29) is 5.54 Å². The number of rotatable bonds is 6. The second-order valence-electron chi connectivity index (χ2n) is 6.45. The Labute approximate surface area is 117 Å². The molecule has 0 aliphatic heterocycles. The van der Waals surface area contributed by atoms with Gasteiger partial charge in [-0.05, 0) is 37.2 Å². The highest BCUT2D eigenvalue weighted by Gasteiger charge is 2.32. The Hall–Kier alpha value is -0.860. The summed E-state index contributed by atoms with van der Waals surface area (Å²) in [5, 5.41) is 3.63. The van der Waals surface area contributed by atoms with Crippen molar-refractivity contribution in [2.75, 3.05) is 13.1 Å². The van der Waals surface area contributed by atoms with Gasteiger partial charge in [-0.2, -0.15) is 0 Å². The predicted molar refractivity (Wildman–Crippen MR) is 82.0 cm³/mol. The second kappa shape index (κ2) is 6.06. The third-order valence-corrected chi connectivity index (χ3v) is 4.84. The molecule has 1 unspecified atom stereocenters. The highest BCUT2D eigenvalue weighted by atomic mass is 14.9.